The molecule has 2 aromatic carbocycles. The zero-order valence-corrected chi connectivity index (χ0v) is 19.3. The number of aryl methyl sites for hydroxylation is 4. The predicted molar refractivity (Wildman–Crippen MR) is 128 cm³/mol. The minimum Gasteiger partial charge on any atom is -0.483 e. The molecule has 1 aliphatic heterocycles. The summed E-state index contributed by atoms with van der Waals surface area (Å²) >= 11 is 0. The normalized spacial score (nSPS) is 13.9. The van der Waals surface area contributed by atoms with E-state index in [1.165, 1.54) is 9.13 Å². The molecule has 0 unspecified atom stereocenters. The topological polar surface area (TPSA) is 94.8 Å². The number of carbonyl (C=O) groups is 1. The molecule has 0 spiro atoms. The smallest absolute Gasteiger partial charge is 0.316 e. The summed E-state index contributed by atoms with van der Waals surface area (Å²) in [7, 11) is 3.13. The summed E-state index contributed by atoms with van der Waals surface area (Å²) in [4.78, 5) is 39.6. The highest BCUT2D eigenvalue weighted by Crippen LogP contribution is 2.31. The zero-order chi connectivity index (χ0) is 23.7. The third-order valence-electron chi connectivity index (χ3n) is 5.92. The van der Waals surface area contributed by atoms with E-state index in [0.29, 0.717) is 48.8 Å². The van der Waals surface area contributed by atoms with E-state index in [-0.39, 0.29) is 12.5 Å². The Hall–Kier alpha value is -3.59. The van der Waals surface area contributed by atoms with E-state index in [2.05, 4.69) is 10.2 Å². The molecule has 1 aromatic heterocycles. The van der Waals surface area contributed by atoms with Crippen molar-refractivity contribution in [2.45, 2.75) is 13.8 Å². The van der Waals surface area contributed by atoms with Crippen LogP contribution in [0.1, 0.15) is 11.1 Å². The summed E-state index contributed by atoms with van der Waals surface area (Å²) in [6, 6.07) is 9.35. The van der Waals surface area contributed by atoms with Gasteiger partial charge in [0.15, 0.2) is 6.61 Å². The van der Waals surface area contributed by atoms with Crippen LogP contribution in [0.25, 0.3) is 11.0 Å². The molecule has 1 fully saturated rings. The molecular weight excluding hydrogens is 424 g/mol. The number of fused-ring (bicyclic) bond motifs is 1. The van der Waals surface area contributed by atoms with Gasteiger partial charge in [0.1, 0.15) is 5.75 Å². The van der Waals surface area contributed by atoms with Crippen LogP contribution in [-0.2, 0) is 23.6 Å². The van der Waals surface area contributed by atoms with Crippen LogP contribution in [0.15, 0.2) is 39.9 Å². The number of amides is 1. The quantitative estimate of drug-likeness (QED) is 0.593. The number of rotatable bonds is 5. The molecule has 0 radical (unpaired) electrons. The number of anilines is 2. The second kappa shape index (κ2) is 9.11. The van der Waals surface area contributed by atoms with Crippen LogP contribution in [-0.4, -0.2) is 48.0 Å². The third kappa shape index (κ3) is 4.49. The molecule has 1 aliphatic rings. The Morgan fingerprint density at radius 3 is 2.27 bits per heavy atom. The Morgan fingerprint density at radius 2 is 1.64 bits per heavy atom. The van der Waals surface area contributed by atoms with Crippen molar-refractivity contribution in [2.24, 2.45) is 14.1 Å². The summed E-state index contributed by atoms with van der Waals surface area (Å²) in [6.45, 7) is 6.20. The summed E-state index contributed by atoms with van der Waals surface area (Å²) in [5, 5.41) is 2.93. The van der Waals surface area contributed by atoms with E-state index in [1.54, 1.807) is 20.2 Å². The van der Waals surface area contributed by atoms with Crippen LogP contribution in [0.5, 0.6) is 5.75 Å². The fourth-order valence-corrected chi connectivity index (χ4v) is 4.07. The minimum absolute atomic E-state index is 0.156. The molecule has 3 aromatic rings. The van der Waals surface area contributed by atoms with Crippen LogP contribution in [0.2, 0.25) is 0 Å². The Morgan fingerprint density at radius 1 is 1.00 bits per heavy atom. The molecule has 4 rings (SSSR count). The Balaban J connectivity index is 1.69. The average Bonchev–Trinajstić information content (AvgIpc) is 2.81. The van der Waals surface area contributed by atoms with Crippen molar-refractivity contribution in [3.63, 3.8) is 0 Å². The fourth-order valence-electron chi connectivity index (χ4n) is 4.07. The predicted octanol–water partition coefficient (Wildman–Crippen LogP) is 1.71. The average molecular weight is 453 g/mol. The lowest BCUT2D eigenvalue weighted by atomic mass is 10.1. The Bertz CT molecular complexity index is 1340. The van der Waals surface area contributed by atoms with Gasteiger partial charge in [-0.05, 0) is 37.6 Å². The van der Waals surface area contributed by atoms with Gasteiger partial charge in [0, 0.05) is 27.2 Å². The lowest BCUT2D eigenvalue weighted by molar-refractivity contribution is -0.118. The molecule has 174 valence electrons. The van der Waals surface area contributed by atoms with E-state index in [1.807, 2.05) is 38.1 Å². The van der Waals surface area contributed by atoms with Crippen molar-refractivity contribution in [1.29, 1.82) is 0 Å². The second-order valence-electron chi connectivity index (χ2n) is 8.29. The summed E-state index contributed by atoms with van der Waals surface area (Å²) in [5.41, 5.74) is 3.31. The van der Waals surface area contributed by atoms with Crippen LogP contribution in [0.3, 0.4) is 0 Å². The summed E-state index contributed by atoms with van der Waals surface area (Å²) < 4.78 is 13.8. The first kappa shape index (κ1) is 22.6. The molecule has 0 saturated carbocycles. The standard InChI is InChI=1S/C24H28N4O5/c1-15-5-6-21(16(2)11-15)33-14-22(29)25-17-12-19-20(27(4)24(31)23(30)26(19)3)13-18(17)28-7-9-32-10-8-28/h5-6,11-13H,7-10,14H2,1-4H3,(H,25,29). The first-order valence-corrected chi connectivity index (χ1v) is 10.8. The maximum atomic E-state index is 12.8. The van der Waals surface area contributed by atoms with Gasteiger partial charge < -0.3 is 28.8 Å². The number of aromatic nitrogens is 2. The van der Waals surface area contributed by atoms with Gasteiger partial charge >= 0.3 is 11.1 Å². The van der Waals surface area contributed by atoms with Gasteiger partial charge in [0.05, 0.1) is 35.6 Å². The van der Waals surface area contributed by atoms with Gasteiger partial charge in [-0.2, -0.15) is 0 Å². The van der Waals surface area contributed by atoms with Gasteiger partial charge in [0.2, 0.25) is 0 Å². The number of hydrogen-bond acceptors (Lipinski definition) is 6. The SMILES string of the molecule is Cc1ccc(OCC(=O)Nc2cc3c(cc2N2CCOCC2)n(C)c(=O)c(=O)n3C)c(C)c1. The highest BCUT2D eigenvalue weighted by molar-refractivity contribution is 5.99. The number of carbonyl (C=O) groups excluding carboxylic acids is 1. The fraction of sp³-hybridized carbons (Fsp3) is 0.375. The highest BCUT2D eigenvalue weighted by atomic mass is 16.5. The Labute approximate surface area is 191 Å². The van der Waals surface area contributed by atoms with Crippen molar-refractivity contribution in [3.05, 3.63) is 62.2 Å². The molecule has 0 aliphatic carbocycles. The van der Waals surface area contributed by atoms with E-state index in [0.717, 1.165) is 16.8 Å². The molecule has 9 heteroatoms. The van der Waals surface area contributed by atoms with Gasteiger partial charge in [-0.1, -0.05) is 17.7 Å². The minimum atomic E-state index is -0.625. The molecule has 1 amide bonds. The lowest BCUT2D eigenvalue weighted by Gasteiger charge is -2.31. The van der Waals surface area contributed by atoms with E-state index < -0.39 is 11.1 Å². The molecular formula is C24H28N4O5. The van der Waals surface area contributed by atoms with Crippen molar-refractivity contribution in [3.8, 4) is 5.75 Å². The van der Waals surface area contributed by atoms with Crippen LogP contribution in [0.4, 0.5) is 11.4 Å². The zero-order valence-electron chi connectivity index (χ0n) is 19.3. The van der Waals surface area contributed by atoms with Crippen LogP contribution < -0.4 is 26.1 Å². The molecule has 33 heavy (non-hydrogen) atoms. The second-order valence-corrected chi connectivity index (χ2v) is 8.29. The number of nitrogens with one attached hydrogen (secondary N) is 1. The van der Waals surface area contributed by atoms with Crippen LogP contribution >= 0.6 is 0 Å². The first-order chi connectivity index (χ1) is 15.8. The number of hydrogen-bond donors (Lipinski definition) is 1. The maximum Gasteiger partial charge on any atom is 0.316 e. The van der Waals surface area contributed by atoms with Gasteiger partial charge in [-0.15, -0.1) is 0 Å². The van der Waals surface area contributed by atoms with Crippen LogP contribution in [0, 0.1) is 13.8 Å². The molecule has 0 bridgehead atoms. The number of benzene rings is 2. The Kier molecular flexibility index (Phi) is 6.24. The highest BCUT2D eigenvalue weighted by Gasteiger charge is 2.20. The van der Waals surface area contributed by atoms with E-state index in [9.17, 15) is 14.4 Å². The van der Waals surface area contributed by atoms with Gasteiger partial charge in [-0.3, -0.25) is 14.4 Å². The molecule has 2 heterocycles. The van der Waals surface area contributed by atoms with Crippen molar-refractivity contribution < 1.29 is 14.3 Å². The molecule has 1 N–H and O–H groups in total. The lowest BCUT2D eigenvalue weighted by Crippen LogP contribution is -2.40. The summed E-state index contributed by atoms with van der Waals surface area (Å²) in [5.74, 6) is 0.332. The van der Waals surface area contributed by atoms with Gasteiger partial charge in [-0.25, -0.2) is 0 Å². The molecule has 0 atom stereocenters. The maximum absolute atomic E-state index is 12.8. The summed E-state index contributed by atoms with van der Waals surface area (Å²) in [6.07, 6.45) is 0. The van der Waals surface area contributed by atoms with Gasteiger partial charge in [0.25, 0.3) is 5.91 Å². The first-order valence-electron chi connectivity index (χ1n) is 10.8. The van der Waals surface area contributed by atoms with Crippen molar-refractivity contribution in [1.82, 2.24) is 9.13 Å². The number of morpholine rings is 1. The number of ether oxygens (including phenoxy) is 2. The van der Waals surface area contributed by atoms with E-state index >= 15 is 0 Å². The number of nitrogens with zero attached hydrogens (tertiary/aromatic N) is 3. The third-order valence-corrected chi connectivity index (χ3v) is 5.92. The molecule has 1 saturated heterocycles. The monoisotopic (exact) mass is 452 g/mol. The van der Waals surface area contributed by atoms with E-state index in [4.69, 9.17) is 9.47 Å². The molecule has 9 nitrogen and oxygen atoms in total. The largest absolute Gasteiger partial charge is 0.483 e. The van der Waals surface area contributed by atoms with Crippen molar-refractivity contribution in [2.75, 3.05) is 43.1 Å². The van der Waals surface area contributed by atoms with Crippen molar-refractivity contribution >= 4 is 28.3 Å².